The predicted molar refractivity (Wildman–Crippen MR) is 107 cm³/mol. The van der Waals surface area contributed by atoms with Gasteiger partial charge in [0.25, 0.3) is 5.56 Å². The number of aromatic nitrogens is 2. The molecular weight excluding hydrogens is 378 g/mol. The number of ether oxygens (including phenoxy) is 1. The lowest BCUT2D eigenvalue weighted by Gasteiger charge is -2.32. The Balaban J connectivity index is 1.95. The van der Waals surface area contributed by atoms with Gasteiger partial charge in [-0.2, -0.15) is 0 Å². The highest BCUT2D eigenvalue weighted by atomic mass is 32.2. The van der Waals surface area contributed by atoms with Gasteiger partial charge in [0.2, 0.25) is 0 Å². The zero-order valence-electron chi connectivity index (χ0n) is 15.7. The molecule has 1 aromatic heterocycles. The third kappa shape index (κ3) is 3.07. The third-order valence-corrected chi connectivity index (χ3v) is 5.81. The van der Waals surface area contributed by atoms with E-state index in [9.17, 15) is 14.7 Å². The van der Waals surface area contributed by atoms with Crippen molar-refractivity contribution in [2.24, 2.45) is 0 Å². The Labute approximate surface area is 166 Å². The van der Waals surface area contributed by atoms with E-state index in [1.807, 2.05) is 6.92 Å². The topological polar surface area (TPSA) is 104 Å². The molecule has 0 saturated carbocycles. The maximum atomic E-state index is 13.0. The molecule has 1 aliphatic carbocycles. The molecule has 0 saturated heterocycles. The number of hydrogen-bond donors (Lipinski definition) is 3. The number of H-pyrrole nitrogens is 1. The van der Waals surface area contributed by atoms with Gasteiger partial charge in [-0.15, -0.1) is 0 Å². The van der Waals surface area contributed by atoms with Crippen LogP contribution in [0.4, 0.5) is 5.82 Å². The Morgan fingerprint density at radius 2 is 2.14 bits per heavy atom. The number of nitrogens with one attached hydrogen (secondary N) is 2. The summed E-state index contributed by atoms with van der Waals surface area (Å²) in [5.41, 5.74) is 2.29. The molecule has 1 atom stereocenters. The normalized spacial score (nSPS) is 18.4. The molecule has 0 bridgehead atoms. The fraction of sp³-hybridized carbons (Fsp3) is 0.350. The molecule has 8 heteroatoms. The van der Waals surface area contributed by atoms with E-state index in [2.05, 4.69) is 15.3 Å². The number of ketones is 1. The van der Waals surface area contributed by atoms with Gasteiger partial charge in [-0.05, 0) is 36.3 Å². The van der Waals surface area contributed by atoms with Crippen molar-refractivity contribution in [2.75, 3.05) is 18.2 Å². The lowest BCUT2D eigenvalue weighted by atomic mass is 9.76. The fourth-order valence-electron chi connectivity index (χ4n) is 3.85. The Morgan fingerprint density at radius 1 is 1.32 bits per heavy atom. The molecule has 0 amide bonds. The van der Waals surface area contributed by atoms with Gasteiger partial charge in [0.1, 0.15) is 5.82 Å². The maximum absolute atomic E-state index is 13.0. The number of nitrogens with zero attached hydrogens (tertiary/aromatic N) is 1. The van der Waals surface area contributed by atoms with Crippen LogP contribution in [0.25, 0.3) is 0 Å². The van der Waals surface area contributed by atoms with E-state index in [1.54, 1.807) is 12.1 Å². The van der Waals surface area contributed by atoms with Crippen LogP contribution in [-0.2, 0) is 4.79 Å². The predicted octanol–water partition coefficient (Wildman–Crippen LogP) is 3.16. The van der Waals surface area contributed by atoms with E-state index >= 15 is 0 Å². The summed E-state index contributed by atoms with van der Waals surface area (Å²) in [5, 5.41) is 13.8. The average molecular weight is 399 g/mol. The SMILES string of the molecule is CCSc1nc2c(c(=O)[nH]1)[C@@H](c1ccc(O)c(OC)c1)C1=C(CCCC1=O)N2. The first kappa shape index (κ1) is 18.6. The number of aromatic amines is 1. The van der Waals surface area contributed by atoms with Gasteiger partial charge in [0.15, 0.2) is 22.4 Å². The number of hydrogen-bond acceptors (Lipinski definition) is 7. The zero-order valence-corrected chi connectivity index (χ0v) is 16.5. The number of Topliss-reactive ketones (excluding diaryl/α,β-unsaturated/α-hetero) is 1. The minimum atomic E-state index is -0.550. The number of rotatable bonds is 4. The highest BCUT2D eigenvalue weighted by Crippen LogP contribution is 2.44. The number of benzene rings is 1. The van der Waals surface area contributed by atoms with E-state index < -0.39 is 5.92 Å². The summed E-state index contributed by atoms with van der Waals surface area (Å²) < 4.78 is 5.24. The van der Waals surface area contributed by atoms with Gasteiger partial charge in [-0.3, -0.25) is 9.59 Å². The van der Waals surface area contributed by atoms with Crippen molar-refractivity contribution in [1.29, 1.82) is 0 Å². The van der Waals surface area contributed by atoms with Gasteiger partial charge >= 0.3 is 0 Å². The van der Waals surface area contributed by atoms with Crippen LogP contribution in [0.1, 0.15) is 43.2 Å². The molecule has 2 heterocycles. The number of aromatic hydroxyl groups is 1. The first-order valence-electron chi connectivity index (χ1n) is 9.20. The number of phenols is 1. The van der Waals surface area contributed by atoms with Crippen LogP contribution in [0.2, 0.25) is 0 Å². The molecule has 0 unspecified atom stereocenters. The van der Waals surface area contributed by atoms with Crippen molar-refractivity contribution in [1.82, 2.24) is 9.97 Å². The lowest BCUT2D eigenvalue weighted by Crippen LogP contribution is -2.32. The third-order valence-electron chi connectivity index (χ3n) is 5.05. The van der Waals surface area contributed by atoms with E-state index in [1.165, 1.54) is 24.9 Å². The van der Waals surface area contributed by atoms with E-state index in [0.717, 1.165) is 24.3 Å². The number of carbonyl (C=O) groups excluding carboxylic acids is 1. The monoisotopic (exact) mass is 399 g/mol. The minimum absolute atomic E-state index is 0.00584. The molecule has 0 fully saturated rings. The first-order chi connectivity index (χ1) is 13.5. The van der Waals surface area contributed by atoms with Gasteiger partial charge < -0.3 is 20.1 Å². The van der Waals surface area contributed by atoms with Crippen molar-refractivity contribution >= 4 is 23.4 Å². The quantitative estimate of drug-likeness (QED) is 0.536. The van der Waals surface area contributed by atoms with Crippen molar-refractivity contribution in [2.45, 2.75) is 37.3 Å². The number of anilines is 1. The van der Waals surface area contributed by atoms with Crippen LogP contribution in [0.5, 0.6) is 11.5 Å². The molecule has 0 radical (unpaired) electrons. The molecular formula is C20H21N3O4S. The second-order valence-electron chi connectivity index (χ2n) is 6.72. The Kier molecular flexibility index (Phi) is 4.89. The highest BCUT2D eigenvalue weighted by Gasteiger charge is 2.38. The van der Waals surface area contributed by atoms with E-state index in [0.29, 0.717) is 39.8 Å². The first-order valence-corrected chi connectivity index (χ1v) is 10.2. The Morgan fingerprint density at radius 3 is 2.89 bits per heavy atom. The molecule has 1 aliphatic heterocycles. The van der Waals surface area contributed by atoms with Crippen molar-refractivity contribution in [3.05, 3.63) is 50.9 Å². The summed E-state index contributed by atoms with van der Waals surface area (Å²) in [6.45, 7) is 1.99. The van der Waals surface area contributed by atoms with E-state index in [-0.39, 0.29) is 17.1 Å². The summed E-state index contributed by atoms with van der Waals surface area (Å²) in [5.74, 6) is 1.06. The largest absolute Gasteiger partial charge is 0.504 e. The number of thioether (sulfide) groups is 1. The number of allylic oxidation sites excluding steroid dienone is 2. The van der Waals surface area contributed by atoms with Gasteiger partial charge in [0, 0.05) is 23.6 Å². The number of phenolic OH excluding ortho intramolecular Hbond substituents is 1. The van der Waals surface area contributed by atoms with Gasteiger partial charge in [-0.1, -0.05) is 24.8 Å². The second-order valence-corrected chi connectivity index (χ2v) is 7.98. The van der Waals surface area contributed by atoms with Crippen LogP contribution >= 0.6 is 11.8 Å². The summed E-state index contributed by atoms with van der Waals surface area (Å²) >= 11 is 1.45. The van der Waals surface area contributed by atoms with Crippen molar-refractivity contribution in [3.8, 4) is 11.5 Å². The molecule has 146 valence electrons. The number of fused-ring (bicyclic) bond motifs is 1. The molecule has 4 rings (SSSR count). The molecule has 0 spiro atoms. The van der Waals surface area contributed by atoms with Crippen molar-refractivity contribution in [3.63, 3.8) is 0 Å². The van der Waals surface area contributed by atoms with Crippen LogP contribution in [0.3, 0.4) is 0 Å². The minimum Gasteiger partial charge on any atom is -0.504 e. The van der Waals surface area contributed by atoms with Crippen molar-refractivity contribution < 1.29 is 14.6 Å². The van der Waals surface area contributed by atoms with Crippen LogP contribution in [-0.4, -0.2) is 33.7 Å². The molecule has 28 heavy (non-hydrogen) atoms. The van der Waals surface area contributed by atoms with E-state index in [4.69, 9.17) is 4.74 Å². The highest BCUT2D eigenvalue weighted by molar-refractivity contribution is 7.99. The summed E-state index contributed by atoms with van der Waals surface area (Å²) in [6, 6.07) is 4.92. The number of methoxy groups -OCH3 is 1. The fourth-order valence-corrected chi connectivity index (χ4v) is 4.45. The maximum Gasteiger partial charge on any atom is 0.257 e. The Bertz CT molecular complexity index is 1040. The standard InChI is InChI=1S/C20H21N3O4S/c1-3-28-20-22-18-17(19(26)23-20)15(10-7-8-12(24)14(9-10)27-2)16-11(21-18)5-4-6-13(16)25/h7-9,15,24H,3-6H2,1-2H3,(H2,21,22,23,26)/t15-/m0/s1. The second kappa shape index (κ2) is 7.35. The van der Waals surface area contributed by atoms with Gasteiger partial charge in [0.05, 0.1) is 12.7 Å². The molecule has 1 aromatic carbocycles. The molecule has 2 aromatic rings. The lowest BCUT2D eigenvalue weighted by molar-refractivity contribution is -0.116. The molecule has 3 N–H and O–H groups in total. The summed E-state index contributed by atoms with van der Waals surface area (Å²) in [7, 11) is 1.47. The summed E-state index contributed by atoms with van der Waals surface area (Å²) in [6.07, 6.45) is 1.96. The van der Waals surface area contributed by atoms with Crippen LogP contribution in [0.15, 0.2) is 39.4 Å². The van der Waals surface area contributed by atoms with Gasteiger partial charge in [-0.25, -0.2) is 4.98 Å². The van der Waals surface area contributed by atoms with Crippen LogP contribution in [0, 0.1) is 0 Å². The average Bonchev–Trinajstić information content (AvgIpc) is 2.67. The molecule has 7 nitrogen and oxygen atoms in total. The van der Waals surface area contributed by atoms with Crippen LogP contribution < -0.4 is 15.6 Å². The Hall–Kier alpha value is -2.74. The zero-order chi connectivity index (χ0) is 19.8. The number of carbonyl (C=O) groups is 1. The molecule has 2 aliphatic rings. The summed E-state index contributed by atoms with van der Waals surface area (Å²) in [4.78, 5) is 33.2. The smallest absolute Gasteiger partial charge is 0.257 e.